The van der Waals surface area contributed by atoms with Gasteiger partial charge in [-0.3, -0.25) is 4.79 Å². The largest absolute Gasteiger partial charge is 0.451 e. The van der Waals surface area contributed by atoms with Crippen molar-refractivity contribution in [2.24, 2.45) is 0 Å². The average Bonchev–Trinajstić information content (AvgIpc) is 2.87. The number of carbonyl (C=O) groups excluding carboxylic acids is 1. The van der Waals surface area contributed by atoms with Crippen LogP contribution in [0.1, 0.15) is 15.5 Å². The lowest BCUT2D eigenvalue weighted by molar-refractivity contribution is 0.104. The van der Waals surface area contributed by atoms with Crippen LogP contribution in [-0.2, 0) is 0 Å². The van der Waals surface area contributed by atoms with E-state index in [4.69, 9.17) is 4.42 Å². The van der Waals surface area contributed by atoms with E-state index in [2.05, 4.69) is 9.97 Å². The third-order valence-electron chi connectivity index (χ3n) is 1.50. The lowest BCUT2D eigenvalue weighted by Crippen LogP contribution is -1.91. The van der Waals surface area contributed by atoms with E-state index < -0.39 is 0 Å². The number of aromatic nitrogens is 2. The summed E-state index contributed by atoms with van der Waals surface area (Å²) in [5, 5.41) is 2.24. The highest BCUT2D eigenvalue weighted by molar-refractivity contribution is 7.11. The fourth-order valence-corrected chi connectivity index (χ4v) is 1.44. The third-order valence-corrected chi connectivity index (χ3v) is 2.29. The summed E-state index contributed by atoms with van der Waals surface area (Å²) in [7, 11) is 0. The van der Waals surface area contributed by atoms with Gasteiger partial charge in [0, 0.05) is 11.6 Å². The molecule has 0 bridgehead atoms. The Morgan fingerprint density at radius 2 is 2.43 bits per heavy atom. The van der Waals surface area contributed by atoms with Gasteiger partial charge in [-0.25, -0.2) is 9.97 Å². The molecule has 2 heterocycles. The number of allylic oxidation sites excluding steroid dienone is 1. The van der Waals surface area contributed by atoms with Gasteiger partial charge in [0.05, 0.1) is 0 Å². The maximum atomic E-state index is 11.4. The van der Waals surface area contributed by atoms with Gasteiger partial charge < -0.3 is 4.42 Å². The van der Waals surface area contributed by atoms with E-state index in [1.807, 2.05) is 0 Å². The number of carbonyl (C=O) groups is 1. The summed E-state index contributed by atoms with van der Waals surface area (Å²) in [6, 6.07) is 0. The predicted octanol–water partition coefficient (Wildman–Crippen LogP) is 2.03. The summed E-state index contributed by atoms with van der Waals surface area (Å²) >= 11 is 1.31. The first kappa shape index (κ1) is 8.83. The molecular formula is C9H6N2O2S. The molecule has 0 N–H and O–H groups in total. The van der Waals surface area contributed by atoms with Crippen molar-refractivity contribution in [1.82, 2.24) is 9.97 Å². The molecule has 14 heavy (non-hydrogen) atoms. The van der Waals surface area contributed by atoms with E-state index in [1.54, 1.807) is 17.7 Å². The Balaban J connectivity index is 2.09. The Kier molecular flexibility index (Phi) is 2.51. The van der Waals surface area contributed by atoms with E-state index in [1.165, 1.54) is 30.1 Å². The summed E-state index contributed by atoms with van der Waals surface area (Å²) in [6.07, 6.45) is 7.39. The van der Waals surface area contributed by atoms with Gasteiger partial charge in [-0.05, 0) is 12.2 Å². The van der Waals surface area contributed by atoms with Crippen molar-refractivity contribution in [3.63, 3.8) is 0 Å². The van der Waals surface area contributed by atoms with Crippen LogP contribution in [0.4, 0.5) is 0 Å². The maximum absolute atomic E-state index is 11.4. The molecule has 0 atom stereocenters. The number of hydrogen-bond acceptors (Lipinski definition) is 5. The van der Waals surface area contributed by atoms with E-state index in [-0.39, 0.29) is 5.78 Å². The van der Waals surface area contributed by atoms with Crippen molar-refractivity contribution in [2.75, 3.05) is 0 Å². The Labute approximate surface area is 83.9 Å². The highest BCUT2D eigenvalue weighted by atomic mass is 32.1. The van der Waals surface area contributed by atoms with Gasteiger partial charge in [0.1, 0.15) is 12.0 Å². The Bertz CT molecular complexity index is 431. The molecule has 0 saturated carbocycles. The molecule has 70 valence electrons. The van der Waals surface area contributed by atoms with Crippen LogP contribution in [0.15, 0.2) is 34.7 Å². The first-order valence-corrected chi connectivity index (χ1v) is 4.74. The summed E-state index contributed by atoms with van der Waals surface area (Å²) in [6.45, 7) is 0. The molecule has 5 heteroatoms. The van der Waals surface area contributed by atoms with Crippen LogP contribution in [-0.4, -0.2) is 15.8 Å². The topological polar surface area (TPSA) is 56.0 Å². The lowest BCUT2D eigenvalue weighted by atomic mass is 10.3. The standard InChI is InChI=1S/C9H6N2O2S/c12-8(9-10-3-4-14-9)2-1-7-5-13-6-11-7/h1-6H/b2-1+. The predicted molar refractivity (Wildman–Crippen MR) is 52.0 cm³/mol. The molecule has 0 saturated heterocycles. The zero-order chi connectivity index (χ0) is 9.80. The summed E-state index contributed by atoms with van der Waals surface area (Å²) in [4.78, 5) is 19.1. The quantitative estimate of drug-likeness (QED) is 0.569. The monoisotopic (exact) mass is 206 g/mol. The molecule has 0 aliphatic heterocycles. The van der Waals surface area contributed by atoms with Gasteiger partial charge in [-0.2, -0.15) is 0 Å². The minimum atomic E-state index is -0.122. The zero-order valence-electron chi connectivity index (χ0n) is 7.08. The van der Waals surface area contributed by atoms with E-state index in [0.29, 0.717) is 10.7 Å². The van der Waals surface area contributed by atoms with Crippen molar-refractivity contribution in [3.8, 4) is 0 Å². The molecule has 0 aromatic carbocycles. The average molecular weight is 206 g/mol. The minimum absolute atomic E-state index is 0.122. The Hall–Kier alpha value is -1.75. The van der Waals surface area contributed by atoms with Crippen LogP contribution in [0.5, 0.6) is 0 Å². The van der Waals surface area contributed by atoms with Crippen LogP contribution in [0.2, 0.25) is 0 Å². The number of hydrogen-bond donors (Lipinski definition) is 0. The normalized spacial score (nSPS) is 10.9. The smallest absolute Gasteiger partial charge is 0.214 e. The fourth-order valence-electron chi connectivity index (χ4n) is 0.882. The van der Waals surface area contributed by atoms with Crippen molar-refractivity contribution < 1.29 is 9.21 Å². The zero-order valence-corrected chi connectivity index (χ0v) is 7.90. The molecule has 0 spiro atoms. The van der Waals surface area contributed by atoms with Gasteiger partial charge in [0.2, 0.25) is 5.78 Å². The van der Waals surface area contributed by atoms with Crippen molar-refractivity contribution in [2.45, 2.75) is 0 Å². The second-order valence-corrected chi connectivity index (χ2v) is 3.34. The van der Waals surface area contributed by atoms with Gasteiger partial charge in [0.15, 0.2) is 11.4 Å². The van der Waals surface area contributed by atoms with Crippen molar-refractivity contribution >= 4 is 23.2 Å². The van der Waals surface area contributed by atoms with E-state index >= 15 is 0 Å². The summed E-state index contributed by atoms with van der Waals surface area (Å²) < 4.78 is 4.75. The lowest BCUT2D eigenvalue weighted by Gasteiger charge is -1.84. The number of nitrogens with zero attached hydrogens (tertiary/aromatic N) is 2. The molecule has 0 aliphatic carbocycles. The van der Waals surface area contributed by atoms with Crippen LogP contribution in [0.3, 0.4) is 0 Å². The summed E-state index contributed by atoms with van der Waals surface area (Å²) in [5.41, 5.74) is 0.620. The van der Waals surface area contributed by atoms with Crippen LogP contribution in [0.25, 0.3) is 6.08 Å². The third kappa shape index (κ3) is 1.94. The van der Waals surface area contributed by atoms with E-state index in [9.17, 15) is 4.79 Å². The molecule has 0 radical (unpaired) electrons. The molecule has 2 rings (SSSR count). The highest BCUT2D eigenvalue weighted by Crippen LogP contribution is 2.06. The highest BCUT2D eigenvalue weighted by Gasteiger charge is 2.03. The molecule has 2 aromatic heterocycles. The number of rotatable bonds is 3. The van der Waals surface area contributed by atoms with Crippen molar-refractivity contribution in [3.05, 3.63) is 41.0 Å². The van der Waals surface area contributed by atoms with Gasteiger partial charge in [-0.15, -0.1) is 11.3 Å². The summed E-state index contributed by atoms with van der Waals surface area (Å²) in [5.74, 6) is -0.122. The second kappa shape index (κ2) is 3.97. The number of ketones is 1. The molecule has 4 nitrogen and oxygen atoms in total. The Morgan fingerprint density at radius 1 is 1.50 bits per heavy atom. The van der Waals surface area contributed by atoms with Crippen LogP contribution < -0.4 is 0 Å². The van der Waals surface area contributed by atoms with Crippen molar-refractivity contribution in [1.29, 1.82) is 0 Å². The molecule has 0 unspecified atom stereocenters. The van der Waals surface area contributed by atoms with Crippen LogP contribution >= 0.6 is 11.3 Å². The maximum Gasteiger partial charge on any atom is 0.214 e. The number of thiazole rings is 1. The van der Waals surface area contributed by atoms with Gasteiger partial charge in [0.25, 0.3) is 0 Å². The van der Waals surface area contributed by atoms with Crippen LogP contribution in [0, 0.1) is 0 Å². The molecule has 0 amide bonds. The number of oxazole rings is 1. The second-order valence-electron chi connectivity index (χ2n) is 2.45. The molecular weight excluding hydrogens is 200 g/mol. The van der Waals surface area contributed by atoms with Gasteiger partial charge >= 0.3 is 0 Å². The fraction of sp³-hybridized carbons (Fsp3) is 0. The molecule has 0 fully saturated rings. The minimum Gasteiger partial charge on any atom is -0.451 e. The first-order valence-electron chi connectivity index (χ1n) is 3.86. The SMILES string of the molecule is O=C(/C=C/c1cocn1)c1nccs1. The first-order chi connectivity index (χ1) is 6.86. The van der Waals surface area contributed by atoms with E-state index in [0.717, 1.165) is 0 Å². The van der Waals surface area contributed by atoms with Gasteiger partial charge in [-0.1, -0.05) is 0 Å². The molecule has 2 aromatic rings. The Morgan fingerprint density at radius 3 is 3.07 bits per heavy atom. The molecule has 0 aliphatic rings.